The van der Waals surface area contributed by atoms with Gasteiger partial charge in [-0.3, -0.25) is 9.69 Å². The number of benzene rings is 1. The number of hydrogen-bond acceptors (Lipinski definition) is 4. The van der Waals surface area contributed by atoms with Crippen molar-refractivity contribution in [3.05, 3.63) is 75.4 Å². The van der Waals surface area contributed by atoms with Crippen LogP contribution in [-0.2, 0) is 19.5 Å². The number of fused-ring (bicyclic) bond motifs is 1. The van der Waals surface area contributed by atoms with E-state index in [1.54, 1.807) is 18.4 Å². The molecule has 0 unspecified atom stereocenters. The summed E-state index contributed by atoms with van der Waals surface area (Å²) in [5, 5.41) is 0. The molecule has 5 nitrogen and oxygen atoms in total. The summed E-state index contributed by atoms with van der Waals surface area (Å²) in [6.07, 6.45) is 7.87. The van der Waals surface area contributed by atoms with Gasteiger partial charge in [-0.25, -0.2) is 4.98 Å². The Morgan fingerprint density at radius 2 is 2.16 bits per heavy atom. The smallest absolute Gasteiger partial charge is 0.256 e. The summed E-state index contributed by atoms with van der Waals surface area (Å²) in [6, 6.07) is 11.5. The summed E-state index contributed by atoms with van der Waals surface area (Å²) in [4.78, 5) is 22.1. The lowest BCUT2D eigenvalue weighted by molar-refractivity contribution is 0.241. The Bertz CT molecular complexity index is 997. The summed E-state index contributed by atoms with van der Waals surface area (Å²) in [6.45, 7) is 2.12. The first-order valence-electron chi connectivity index (χ1n) is 8.17. The molecule has 3 heterocycles. The maximum absolute atomic E-state index is 12.5. The Kier molecular flexibility index (Phi) is 3.96. The van der Waals surface area contributed by atoms with Crippen LogP contribution in [0.15, 0.2) is 51.9 Å². The number of H-pyrrole nitrogens is 1. The molecule has 0 atom stereocenters. The predicted molar refractivity (Wildman–Crippen MR) is 94.8 cm³/mol. The Hall–Kier alpha value is -3.10. The molecule has 1 N–H and O–H groups in total. The molecule has 1 aromatic carbocycles. The van der Waals surface area contributed by atoms with Gasteiger partial charge in [-0.15, -0.1) is 6.42 Å². The molecule has 0 spiro atoms. The van der Waals surface area contributed by atoms with E-state index in [2.05, 4.69) is 20.8 Å². The van der Waals surface area contributed by atoms with Gasteiger partial charge < -0.3 is 9.40 Å². The van der Waals surface area contributed by atoms with Crippen molar-refractivity contribution in [1.82, 2.24) is 14.9 Å². The standard InChI is InChI=1S/C20H17N3O2/c1-2-14-6-3-4-7-15(14)12-23-10-9-17-16(13-23)20(24)22-19(21-17)18-8-5-11-25-18/h1,3-8,11H,9-10,12-13H2,(H,21,22,24). The average molecular weight is 331 g/mol. The lowest BCUT2D eigenvalue weighted by Crippen LogP contribution is -2.35. The monoisotopic (exact) mass is 331 g/mol. The molecule has 1 aliphatic rings. The van der Waals surface area contributed by atoms with Crippen LogP contribution in [0.3, 0.4) is 0 Å². The zero-order valence-corrected chi connectivity index (χ0v) is 13.7. The molecule has 4 rings (SSSR count). The van der Waals surface area contributed by atoms with Crippen LogP contribution in [0.25, 0.3) is 11.6 Å². The van der Waals surface area contributed by atoms with E-state index in [0.29, 0.717) is 18.1 Å². The van der Waals surface area contributed by atoms with E-state index >= 15 is 0 Å². The van der Waals surface area contributed by atoms with Gasteiger partial charge in [0, 0.05) is 31.6 Å². The highest BCUT2D eigenvalue weighted by Gasteiger charge is 2.22. The van der Waals surface area contributed by atoms with Gasteiger partial charge in [-0.2, -0.15) is 0 Å². The van der Waals surface area contributed by atoms with E-state index in [-0.39, 0.29) is 5.56 Å². The van der Waals surface area contributed by atoms with Crippen molar-refractivity contribution in [3.8, 4) is 23.9 Å². The minimum atomic E-state index is -0.105. The summed E-state index contributed by atoms with van der Waals surface area (Å²) >= 11 is 0. The molecule has 5 heteroatoms. The van der Waals surface area contributed by atoms with Gasteiger partial charge in [-0.1, -0.05) is 24.1 Å². The van der Waals surface area contributed by atoms with Crippen LogP contribution >= 0.6 is 0 Å². The van der Waals surface area contributed by atoms with Crippen molar-refractivity contribution >= 4 is 0 Å². The molecular weight excluding hydrogens is 314 g/mol. The highest BCUT2D eigenvalue weighted by Crippen LogP contribution is 2.21. The van der Waals surface area contributed by atoms with Crippen molar-refractivity contribution in [2.45, 2.75) is 19.5 Å². The summed E-state index contributed by atoms with van der Waals surface area (Å²) < 4.78 is 5.33. The summed E-state index contributed by atoms with van der Waals surface area (Å²) in [5.41, 5.74) is 3.46. The molecule has 0 amide bonds. The fraction of sp³-hybridized carbons (Fsp3) is 0.200. The molecule has 124 valence electrons. The van der Waals surface area contributed by atoms with E-state index in [9.17, 15) is 4.79 Å². The third kappa shape index (κ3) is 3.00. The maximum atomic E-state index is 12.5. The quantitative estimate of drug-likeness (QED) is 0.749. The Morgan fingerprint density at radius 1 is 1.28 bits per heavy atom. The van der Waals surface area contributed by atoms with E-state index < -0.39 is 0 Å². The van der Waals surface area contributed by atoms with Crippen LogP contribution in [0.4, 0.5) is 0 Å². The number of furan rings is 1. The van der Waals surface area contributed by atoms with Crippen molar-refractivity contribution in [3.63, 3.8) is 0 Å². The van der Waals surface area contributed by atoms with Crippen LogP contribution in [-0.4, -0.2) is 21.4 Å². The molecular formula is C20H17N3O2. The molecule has 25 heavy (non-hydrogen) atoms. The number of aromatic amines is 1. The molecule has 3 aromatic rings. The number of nitrogens with zero attached hydrogens (tertiary/aromatic N) is 2. The van der Waals surface area contributed by atoms with Crippen molar-refractivity contribution in [2.75, 3.05) is 6.54 Å². The first-order chi connectivity index (χ1) is 12.2. The van der Waals surface area contributed by atoms with Crippen LogP contribution in [0.2, 0.25) is 0 Å². The fourth-order valence-corrected chi connectivity index (χ4v) is 3.19. The first kappa shape index (κ1) is 15.4. The van der Waals surface area contributed by atoms with Crippen molar-refractivity contribution < 1.29 is 4.42 Å². The molecule has 0 saturated heterocycles. The number of rotatable bonds is 3. The molecule has 0 radical (unpaired) electrons. The second-order valence-corrected chi connectivity index (χ2v) is 6.08. The Morgan fingerprint density at radius 3 is 2.96 bits per heavy atom. The highest BCUT2D eigenvalue weighted by molar-refractivity contribution is 5.47. The largest absolute Gasteiger partial charge is 0.461 e. The summed E-state index contributed by atoms with van der Waals surface area (Å²) in [5.74, 6) is 3.78. The maximum Gasteiger partial charge on any atom is 0.256 e. The number of nitrogens with one attached hydrogen (secondary N) is 1. The zero-order valence-electron chi connectivity index (χ0n) is 13.7. The van der Waals surface area contributed by atoms with Crippen molar-refractivity contribution in [2.24, 2.45) is 0 Å². The van der Waals surface area contributed by atoms with Crippen LogP contribution in [0.5, 0.6) is 0 Å². The minimum Gasteiger partial charge on any atom is -0.461 e. The normalized spacial score (nSPS) is 14.0. The zero-order chi connectivity index (χ0) is 17.2. The molecule has 0 aliphatic carbocycles. The van der Waals surface area contributed by atoms with E-state index in [1.165, 1.54) is 0 Å². The van der Waals surface area contributed by atoms with Crippen LogP contribution in [0.1, 0.15) is 22.4 Å². The molecule has 2 aromatic heterocycles. The van der Waals surface area contributed by atoms with Gasteiger partial charge in [0.15, 0.2) is 11.6 Å². The van der Waals surface area contributed by atoms with Gasteiger partial charge in [0.1, 0.15) is 0 Å². The third-order valence-corrected chi connectivity index (χ3v) is 4.47. The number of aromatic nitrogens is 2. The SMILES string of the molecule is C#Cc1ccccc1CN1CCc2nc(-c3ccco3)[nH]c(=O)c2C1. The average Bonchev–Trinajstić information content (AvgIpc) is 3.17. The Balaban J connectivity index is 1.60. The Labute approximate surface area is 145 Å². The van der Waals surface area contributed by atoms with Crippen LogP contribution in [0, 0.1) is 12.3 Å². The third-order valence-electron chi connectivity index (χ3n) is 4.47. The fourth-order valence-electron chi connectivity index (χ4n) is 3.19. The highest BCUT2D eigenvalue weighted by atomic mass is 16.3. The van der Waals surface area contributed by atoms with Crippen LogP contribution < -0.4 is 5.56 Å². The van der Waals surface area contributed by atoms with E-state index in [4.69, 9.17) is 10.8 Å². The molecule has 1 aliphatic heterocycles. The second kappa shape index (κ2) is 6.42. The number of terminal acetylenes is 1. The van der Waals surface area contributed by atoms with Gasteiger partial charge in [0.25, 0.3) is 5.56 Å². The summed E-state index contributed by atoms with van der Waals surface area (Å²) in [7, 11) is 0. The lowest BCUT2D eigenvalue weighted by Gasteiger charge is -2.28. The molecule has 0 fully saturated rings. The van der Waals surface area contributed by atoms with Crippen molar-refractivity contribution in [1.29, 1.82) is 0 Å². The van der Waals surface area contributed by atoms with Gasteiger partial charge >= 0.3 is 0 Å². The first-order valence-corrected chi connectivity index (χ1v) is 8.17. The topological polar surface area (TPSA) is 62.1 Å². The van der Waals surface area contributed by atoms with Gasteiger partial charge in [-0.05, 0) is 23.8 Å². The van der Waals surface area contributed by atoms with Gasteiger partial charge in [0.2, 0.25) is 0 Å². The van der Waals surface area contributed by atoms with Gasteiger partial charge in [0.05, 0.1) is 17.5 Å². The second-order valence-electron chi connectivity index (χ2n) is 6.08. The molecule has 0 saturated carbocycles. The van der Waals surface area contributed by atoms with E-state index in [0.717, 1.165) is 41.9 Å². The molecule has 0 bridgehead atoms. The minimum absolute atomic E-state index is 0.105. The lowest BCUT2D eigenvalue weighted by atomic mass is 10.0. The number of hydrogen-bond donors (Lipinski definition) is 1. The van der Waals surface area contributed by atoms with E-state index in [1.807, 2.05) is 24.3 Å². The predicted octanol–water partition coefficient (Wildman–Crippen LogP) is 2.57.